The molecule has 2 aromatic rings. The number of aliphatic hydroxyl groups is 1. The van der Waals surface area contributed by atoms with Gasteiger partial charge >= 0.3 is 5.97 Å². The predicted octanol–water partition coefficient (Wildman–Crippen LogP) is 4.92. The maximum atomic E-state index is 13.2. The second kappa shape index (κ2) is 14.1. The summed E-state index contributed by atoms with van der Waals surface area (Å²) in [5, 5.41) is 19.1. The van der Waals surface area contributed by atoms with Crippen LogP contribution in [0, 0.1) is 0 Å². The lowest BCUT2D eigenvalue weighted by Crippen LogP contribution is -2.32. The molecule has 0 radical (unpaired) electrons. The zero-order valence-electron chi connectivity index (χ0n) is 19.4. The number of carboxylic acids is 1. The van der Waals surface area contributed by atoms with Crippen molar-refractivity contribution in [3.8, 4) is 0 Å². The first-order valence-electron chi connectivity index (χ1n) is 11.7. The van der Waals surface area contributed by atoms with E-state index in [-0.39, 0.29) is 18.0 Å². The van der Waals surface area contributed by atoms with E-state index in [2.05, 4.69) is 11.9 Å². The Bertz CT molecular complexity index is 933. The summed E-state index contributed by atoms with van der Waals surface area (Å²) in [6, 6.07) is 12.3. The van der Waals surface area contributed by atoms with E-state index in [0.717, 1.165) is 49.7 Å². The summed E-state index contributed by atoms with van der Waals surface area (Å²) in [7, 11) is -3.77. The number of pyridine rings is 1. The highest BCUT2D eigenvalue weighted by molar-refractivity contribution is 7.89. The van der Waals surface area contributed by atoms with E-state index in [1.165, 1.54) is 16.6 Å². The van der Waals surface area contributed by atoms with Gasteiger partial charge in [-0.25, -0.2) is 13.4 Å². The Balaban J connectivity index is 2.06. The van der Waals surface area contributed by atoms with Gasteiger partial charge in [0.25, 0.3) is 10.0 Å². The van der Waals surface area contributed by atoms with Crippen LogP contribution in [-0.2, 0) is 21.4 Å². The Morgan fingerprint density at radius 2 is 1.73 bits per heavy atom. The Kier molecular flexibility index (Phi) is 11.5. The number of carboxylic acid groups (broad SMARTS) is 1. The minimum absolute atomic E-state index is 0.0128. The second-order valence-electron chi connectivity index (χ2n) is 8.32. The number of sulfonamides is 1. The zero-order chi connectivity index (χ0) is 24.1. The first kappa shape index (κ1) is 27.0. The molecule has 1 aromatic heterocycles. The second-order valence-corrected chi connectivity index (χ2v) is 10.2. The van der Waals surface area contributed by atoms with Crippen LogP contribution in [0.3, 0.4) is 0 Å². The van der Waals surface area contributed by atoms with Crippen molar-refractivity contribution in [2.75, 3.05) is 6.54 Å². The summed E-state index contributed by atoms with van der Waals surface area (Å²) in [5.41, 5.74) is 1.68. The number of aliphatic hydroxyl groups excluding tert-OH is 1. The normalized spacial score (nSPS) is 12.7. The third-order valence-electron chi connectivity index (χ3n) is 5.59. The first-order chi connectivity index (χ1) is 15.8. The molecule has 0 aliphatic rings. The van der Waals surface area contributed by atoms with E-state index in [9.17, 15) is 18.3 Å². The number of nitrogens with zero attached hydrogens (tertiary/aromatic N) is 2. The highest BCUT2D eigenvalue weighted by Crippen LogP contribution is 2.22. The van der Waals surface area contributed by atoms with Crippen LogP contribution in [-0.4, -0.2) is 40.4 Å². The summed E-state index contributed by atoms with van der Waals surface area (Å²) < 4.78 is 27.9. The molecule has 8 heteroatoms. The number of carbonyl (C=O) groups is 1. The Labute approximate surface area is 197 Å². The third-order valence-corrected chi connectivity index (χ3v) is 7.36. The van der Waals surface area contributed by atoms with Gasteiger partial charge in [0.2, 0.25) is 0 Å². The van der Waals surface area contributed by atoms with Crippen LogP contribution in [0.4, 0.5) is 0 Å². The summed E-state index contributed by atoms with van der Waals surface area (Å²) in [5.74, 6) is -0.812. The number of aliphatic carboxylic acids is 1. The SMILES string of the molecule is CCCCCC(O)c1ccc(CN(CCCCCCC(=O)O)S(=O)(=O)c2ccccn2)cc1. The molecule has 0 amide bonds. The summed E-state index contributed by atoms with van der Waals surface area (Å²) in [4.78, 5) is 14.7. The van der Waals surface area contributed by atoms with Crippen molar-refractivity contribution in [1.82, 2.24) is 9.29 Å². The predicted molar refractivity (Wildman–Crippen MR) is 128 cm³/mol. The maximum Gasteiger partial charge on any atom is 0.303 e. The fourth-order valence-electron chi connectivity index (χ4n) is 3.64. The zero-order valence-corrected chi connectivity index (χ0v) is 20.2. The molecule has 0 aliphatic heterocycles. The van der Waals surface area contributed by atoms with Gasteiger partial charge < -0.3 is 10.2 Å². The molecule has 33 heavy (non-hydrogen) atoms. The van der Waals surface area contributed by atoms with Crippen LogP contribution >= 0.6 is 0 Å². The number of hydrogen-bond acceptors (Lipinski definition) is 5. The fourth-order valence-corrected chi connectivity index (χ4v) is 5.03. The highest BCUT2D eigenvalue weighted by atomic mass is 32.2. The number of unbranched alkanes of at least 4 members (excludes halogenated alkanes) is 5. The molecule has 0 aliphatic carbocycles. The quantitative estimate of drug-likeness (QED) is 0.333. The van der Waals surface area contributed by atoms with Crippen molar-refractivity contribution in [2.24, 2.45) is 0 Å². The molecule has 2 N–H and O–H groups in total. The molecule has 7 nitrogen and oxygen atoms in total. The average molecular weight is 477 g/mol. The Morgan fingerprint density at radius 1 is 1.00 bits per heavy atom. The molecule has 2 rings (SSSR count). The minimum Gasteiger partial charge on any atom is -0.481 e. The average Bonchev–Trinajstić information content (AvgIpc) is 2.81. The molecule has 1 atom stereocenters. The third kappa shape index (κ3) is 9.23. The molecule has 1 aromatic carbocycles. The van der Waals surface area contributed by atoms with Crippen molar-refractivity contribution in [1.29, 1.82) is 0 Å². The molecule has 0 bridgehead atoms. The molecule has 1 heterocycles. The molecule has 0 saturated heterocycles. The molecule has 0 saturated carbocycles. The summed E-state index contributed by atoms with van der Waals surface area (Å²) in [6.45, 7) is 2.66. The molecule has 182 valence electrons. The standard InChI is InChI=1S/C25H36N2O5S/c1-2-3-6-11-23(28)22-16-14-21(15-17-22)20-27(19-10-5-4-7-13-25(29)30)33(31,32)24-12-8-9-18-26-24/h8-9,12,14-18,23,28H,2-7,10-11,13,19-20H2,1H3,(H,29,30). The smallest absolute Gasteiger partial charge is 0.303 e. The topological polar surface area (TPSA) is 108 Å². The van der Waals surface area contributed by atoms with Gasteiger partial charge in [-0.1, -0.05) is 69.4 Å². The van der Waals surface area contributed by atoms with E-state index in [1.54, 1.807) is 12.1 Å². The van der Waals surface area contributed by atoms with Gasteiger partial charge in [-0.2, -0.15) is 4.31 Å². The van der Waals surface area contributed by atoms with Crippen LogP contribution in [0.15, 0.2) is 53.7 Å². The monoisotopic (exact) mass is 476 g/mol. The van der Waals surface area contributed by atoms with E-state index >= 15 is 0 Å². The molecule has 0 spiro atoms. The van der Waals surface area contributed by atoms with Crippen molar-refractivity contribution in [3.05, 3.63) is 59.8 Å². The molecular weight excluding hydrogens is 440 g/mol. The maximum absolute atomic E-state index is 13.2. The van der Waals surface area contributed by atoms with Gasteiger partial charge in [0.15, 0.2) is 5.03 Å². The van der Waals surface area contributed by atoms with Crippen molar-refractivity contribution in [2.45, 2.75) is 82.4 Å². The lowest BCUT2D eigenvalue weighted by Gasteiger charge is -2.22. The summed E-state index contributed by atoms with van der Waals surface area (Å²) >= 11 is 0. The van der Waals surface area contributed by atoms with Gasteiger partial charge in [-0.05, 0) is 42.5 Å². The van der Waals surface area contributed by atoms with Crippen molar-refractivity contribution in [3.63, 3.8) is 0 Å². The molecule has 0 fully saturated rings. The van der Waals surface area contributed by atoms with Gasteiger partial charge in [0.1, 0.15) is 0 Å². The minimum atomic E-state index is -3.77. The number of benzene rings is 1. The van der Waals surface area contributed by atoms with Crippen LogP contribution in [0.25, 0.3) is 0 Å². The first-order valence-corrected chi connectivity index (χ1v) is 13.2. The number of aromatic nitrogens is 1. The van der Waals surface area contributed by atoms with Crippen molar-refractivity contribution >= 4 is 16.0 Å². The van der Waals surface area contributed by atoms with E-state index in [4.69, 9.17) is 5.11 Å². The summed E-state index contributed by atoms with van der Waals surface area (Å²) in [6.07, 6.45) is 7.70. The Morgan fingerprint density at radius 3 is 2.36 bits per heavy atom. The van der Waals surface area contributed by atoms with E-state index < -0.39 is 22.1 Å². The molecular formula is C25H36N2O5S. The fraction of sp³-hybridized carbons (Fsp3) is 0.520. The lowest BCUT2D eigenvalue weighted by molar-refractivity contribution is -0.137. The van der Waals surface area contributed by atoms with Gasteiger partial charge in [0.05, 0.1) is 6.10 Å². The number of rotatable bonds is 16. The molecule has 1 unspecified atom stereocenters. The largest absolute Gasteiger partial charge is 0.481 e. The van der Waals surface area contributed by atoms with E-state index in [1.807, 2.05) is 24.3 Å². The lowest BCUT2D eigenvalue weighted by atomic mass is 10.0. The Hall–Kier alpha value is -2.29. The highest BCUT2D eigenvalue weighted by Gasteiger charge is 2.25. The van der Waals surface area contributed by atoms with E-state index in [0.29, 0.717) is 19.4 Å². The van der Waals surface area contributed by atoms with Gasteiger partial charge in [-0.3, -0.25) is 4.79 Å². The van der Waals surface area contributed by atoms with Gasteiger partial charge in [-0.15, -0.1) is 0 Å². The van der Waals surface area contributed by atoms with Crippen molar-refractivity contribution < 1.29 is 23.4 Å². The van der Waals surface area contributed by atoms with Crippen LogP contribution < -0.4 is 0 Å². The number of hydrogen-bond donors (Lipinski definition) is 2. The van der Waals surface area contributed by atoms with Crippen LogP contribution in [0.2, 0.25) is 0 Å². The van der Waals surface area contributed by atoms with Gasteiger partial charge in [0, 0.05) is 25.7 Å². The van der Waals surface area contributed by atoms with Crippen LogP contribution in [0.5, 0.6) is 0 Å². The van der Waals surface area contributed by atoms with Crippen LogP contribution in [0.1, 0.15) is 81.9 Å².